The number of aromatic nitrogens is 4. The van der Waals surface area contributed by atoms with Crippen molar-refractivity contribution in [1.82, 2.24) is 24.8 Å². The lowest BCUT2D eigenvalue weighted by molar-refractivity contribution is -0.139. The number of alkyl halides is 3. The molecule has 1 aromatic carbocycles. The summed E-state index contributed by atoms with van der Waals surface area (Å²) < 4.78 is 55.6. The maximum absolute atomic E-state index is 13.8. The third-order valence-corrected chi connectivity index (χ3v) is 6.97. The quantitative estimate of drug-likeness (QED) is 0.366. The first-order valence-corrected chi connectivity index (χ1v) is 12.2. The van der Waals surface area contributed by atoms with E-state index in [1.54, 1.807) is 6.20 Å². The molecule has 196 valence electrons. The molecule has 3 aromatic rings. The minimum Gasteiger partial charge on any atom is -0.360 e. The predicted octanol–water partition coefficient (Wildman–Crippen LogP) is 3.64. The number of nitrogens with one attached hydrogen (secondary N) is 2. The van der Waals surface area contributed by atoms with Crippen molar-refractivity contribution in [2.24, 2.45) is 0 Å². The molecule has 12 heteroatoms. The van der Waals surface area contributed by atoms with Crippen molar-refractivity contribution < 1.29 is 22.4 Å². The van der Waals surface area contributed by atoms with E-state index in [1.165, 1.54) is 12.4 Å². The second kappa shape index (κ2) is 10.1. The van der Waals surface area contributed by atoms with E-state index in [1.807, 2.05) is 11.6 Å². The number of hydrogen-bond donors (Lipinski definition) is 2. The highest BCUT2D eigenvalue weighted by molar-refractivity contribution is 5.73. The number of benzene rings is 1. The molecule has 1 unspecified atom stereocenters. The molecule has 0 radical (unpaired) electrons. The average molecular weight is 518 g/mol. The third-order valence-electron chi connectivity index (χ3n) is 6.97. The lowest BCUT2D eigenvalue weighted by atomic mass is 9.95. The lowest BCUT2D eigenvalue weighted by Crippen LogP contribution is -2.35. The molecule has 1 fully saturated rings. The molecular formula is C25H27F4N7O. The zero-order valence-electron chi connectivity index (χ0n) is 20.2. The van der Waals surface area contributed by atoms with Crippen LogP contribution < -0.4 is 15.5 Å². The molecule has 2 aromatic heterocycles. The van der Waals surface area contributed by atoms with Gasteiger partial charge in [-0.05, 0) is 38.1 Å². The van der Waals surface area contributed by atoms with Gasteiger partial charge in [0.15, 0.2) is 0 Å². The van der Waals surface area contributed by atoms with Gasteiger partial charge in [0.05, 0.1) is 17.3 Å². The maximum Gasteiger partial charge on any atom is 0.419 e. The third kappa shape index (κ3) is 5.02. The summed E-state index contributed by atoms with van der Waals surface area (Å²) in [5, 5.41) is 6.19. The number of fused-ring (bicyclic) bond motifs is 1. The van der Waals surface area contributed by atoms with Gasteiger partial charge in [0.25, 0.3) is 0 Å². The van der Waals surface area contributed by atoms with Gasteiger partial charge >= 0.3 is 6.18 Å². The van der Waals surface area contributed by atoms with Crippen LogP contribution in [0.1, 0.15) is 35.7 Å². The predicted molar refractivity (Wildman–Crippen MR) is 130 cm³/mol. The first-order chi connectivity index (χ1) is 17.8. The molecule has 0 aliphatic carbocycles. The minimum absolute atomic E-state index is 0.0973. The molecule has 2 aliphatic rings. The van der Waals surface area contributed by atoms with Crippen LogP contribution in [0, 0.1) is 5.82 Å². The van der Waals surface area contributed by atoms with E-state index >= 15 is 0 Å². The molecule has 0 amide bonds. The Morgan fingerprint density at radius 3 is 2.70 bits per heavy atom. The Hall–Kier alpha value is -3.54. The number of imidazole rings is 1. The van der Waals surface area contributed by atoms with Gasteiger partial charge in [0, 0.05) is 55.8 Å². The molecule has 1 atom stereocenters. The number of carbonyl (C=O) groups is 1. The second-order valence-corrected chi connectivity index (χ2v) is 9.35. The van der Waals surface area contributed by atoms with Crippen molar-refractivity contribution in [3.05, 3.63) is 53.5 Å². The van der Waals surface area contributed by atoms with Crippen LogP contribution in [-0.4, -0.2) is 58.5 Å². The summed E-state index contributed by atoms with van der Waals surface area (Å²) in [6.07, 6.45) is 1.42. The van der Waals surface area contributed by atoms with E-state index in [4.69, 9.17) is 4.98 Å². The number of halogens is 4. The van der Waals surface area contributed by atoms with Gasteiger partial charge in [0.1, 0.15) is 35.9 Å². The number of hydrogen-bond acceptors (Lipinski definition) is 7. The van der Waals surface area contributed by atoms with E-state index < -0.39 is 17.6 Å². The van der Waals surface area contributed by atoms with E-state index in [0.29, 0.717) is 44.1 Å². The Labute approximate surface area is 211 Å². The van der Waals surface area contributed by atoms with Crippen molar-refractivity contribution in [1.29, 1.82) is 0 Å². The van der Waals surface area contributed by atoms with E-state index in [0.717, 1.165) is 48.5 Å². The molecule has 1 saturated heterocycles. The van der Waals surface area contributed by atoms with Crippen molar-refractivity contribution in [2.75, 3.05) is 36.9 Å². The number of rotatable bonds is 7. The van der Waals surface area contributed by atoms with Crippen LogP contribution in [0.2, 0.25) is 0 Å². The maximum atomic E-state index is 13.8. The zero-order chi connectivity index (χ0) is 26.2. The Bertz CT molecular complexity index is 1280. The molecule has 0 saturated carbocycles. The molecule has 0 bridgehead atoms. The zero-order valence-corrected chi connectivity index (χ0v) is 20.2. The molecule has 4 heterocycles. The monoisotopic (exact) mass is 517 g/mol. The molecule has 37 heavy (non-hydrogen) atoms. The van der Waals surface area contributed by atoms with Crippen molar-refractivity contribution in [3.63, 3.8) is 0 Å². The first-order valence-electron chi connectivity index (χ1n) is 12.2. The van der Waals surface area contributed by atoms with Crippen LogP contribution in [0.25, 0.3) is 11.3 Å². The van der Waals surface area contributed by atoms with E-state index in [-0.39, 0.29) is 17.5 Å². The van der Waals surface area contributed by atoms with Gasteiger partial charge in [-0.1, -0.05) is 0 Å². The van der Waals surface area contributed by atoms with Crippen LogP contribution in [0.3, 0.4) is 0 Å². The fraction of sp³-hybridized carbons (Fsp3) is 0.440. The Morgan fingerprint density at radius 2 is 2.00 bits per heavy atom. The molecule has 5 rings (SSSR count). The number of anilines is 2. The molecule has 0 spiro atoms. The first kappa shape index (κ1) is 25.1. The van der Waals surface area contributed by atoms with Crippen LogP contribution in [0.4, 0.5) is 29.2 Å². The normalized spacial score (nSPS) is 18.1. The Balaban J connectivity index is 1.38. The average Bonchev–Trinajstić information content (AvgIpc) is 3.51. The summed E-state index contributed by atoms with van der Waals surface area (Å²) in [4.78, 5) is 26.9. The SMILES string of the molecule is CNCCn1cc(-c2ccc(F)c(C(F)(F)F)c2)nc1C1CCN(c2ncnc3c2CC(C=O)N3)CC1. The van der Waals surface area contributed by atoms with Gasteiger partial charge in [0.2, 0.25) is 0 Å². The van der Waals surface area contributed by atoms with Gasteiger partial charge in [-0.15, -0.1) is 0 Å². The van der Waals surface area contributed by atoms with E-state index in [2.05, 4.69) is 25.5 Å². The van der Waals surface area contributed by atoms with Gasteiger partial charge in [-0.25, -0.2) is 19.3 Å². The van der Waals surface area contributed by atoms with Gasteiger partial charge in [-0.2, -0.15) is 13.2 Å². The number of nitrogens with zero attached hydrogens (tertiary/aromatic N) is 5. The number of carbonyl (C=O) groups excluding carboxylic acids is 1. The number of likely N-dealkylation sites (N-methyl/N-ethyl adjacent to an activating group) is 1. The van der Waals surface area contributed by atoms with Gasteiger partial charge < -0.3 is 24.9 Å². The fourth-order valence-electron chi connectivity index (χ4n) is 5.07. The molecule has 2 aliphatic heterocycles. The lowest BCUT2D eigenvalue weighted by Gasteiger charge is -2.33. The number of aldehydes is 1. The summed E-state index contributed by atoms with van der Waals surface area (Å²) in [7, 11) is 1.83. The minimum atomic E-state index is -4.78. The fourth-order valence-corrected chi connectivity index (χ4v) is 5.07. The summed E-state index contributed by atoms with van der Waals surface area (Å²) in [6, 6.07) is 2.69. The van der Waals surface area contributed by atoms with Crippen molar-refractivity contribution in [2.45, 2.75) is 43.9 Å². The molecule has 8 nitrogen and oxygen atoms in total. The summed E-state index contributed by atoms with van der Waals surface area (Å²) in [6.45, 7) is 2.69. The number of piperidine rings is 1. The topological polar surface area (TPSA) is 88.0 Å². The van der Waals surface area contributed by atoms with Crippen LogP contribution in [0.5, 0.6) is 0 Å². The van der Waals surface area contributed by atoms with Crippen molar-refractivity contribution >= 4 is 17.9 Å². The van der Waals surface area contributed by atoms with Crippen LogP contribution in [-0.2, 0) is 23.9 Å². The highest BCUT2D eigenvalue weighted by Gasteiger charge is 2.35. The highest BCUT2D eigenvalue weighted by atomic mass is 19.4. The Kier molecular flexibility index (Phi) is 6.84. The van der Waals surface area contributed by atoms with Gasteiger partial charge in [-0.3, -0.25) is 0 Å². The summed E-state index contributed by atoms with van der Waals surface area (Å²) in [5.74, 6) is 1.11. The summed E-state index contributed by atoms with van der Waals surface area (Å²) >= 11 is 0. The van der Waals surface area contributed by atoms with Crippen LogP contribution >= 0.6 is 0 Å². The molecular weight excluding hydrogens is 490 g/mol. The second-order valence-electron chi connectivity index (χ2n) is 9.35. The van der Waals surface area contributed by atoms with Crippen LogP contribution in [0.15, 0.2) is 30.7 Å². The van der Waals surface area contributed by atoms with Crippen molar-refractivity contribution in [3.8, 4) is 11.3 Å². The van der Waals surface area contributed by atoms with E-state index in [9.17, 15) is 22.4 Å². The Morgan fingerprint density at radius 1 is 1.22 bits per heavy atom. The highest BCUT2D eigenvalue weighted by Crippen LogP contribution is 2.37. The largest absolute Gasteiger partial charge is 0.419 e. The molecule has 2 N–H and O–H groups in total. The smallest absolute Gasteiger partial charge is 0.360 e. The standard InChI is InChI=1S/C25H27F4N7O/c1-30-6-9-36-12-21(16-2-3-20(26)19(10-16)25(27,28)29)34-23(36)15-4-7-35(8-5-15)24-18-11-17(13-37)33-22(18)31-14-32-24/h2-3,10,12-15,17,30H,4-9,11H2,1H3,(H,31,32,33). The summed E-state index contributed by atoms with van der Waals surface area (Å²) in [5.41, 5.74) is 0.254.